The molecule has 1 unspecified atom stereocenters. The summed E-state index contributed by atoms with van der Waals surface area (Å²) in [6.45, 7) is 6.58. The molecule has 0 radical (unpaired) electrons. The topological polar surface area (TPSA) is 29.5 Å². The summed E-state index contributed by atoms with van der Waals surface area (Å²) in [6.07, 6.45) is 0. The van der Waals surface area contributed by atoms with Crippen LogP contribution in [0.3, 0.4) is 0 Å². The minimum atomic E-state index is -0.0751. The molecule has 1 aliphatic heterocycles. The van der Waals surface area contributed by atoms with Crippen molar-refractivity contribution in [2.75, 3.05) is 17.8 Å². The van der Waals surface area contributed by atoms with Crippen LogP contribution in [-0.4, -0.2) is 18.8 Å². The molecule has 0 saturated carbocycles. The minimum Gasteiger partial charge on any atom is -0.495 e. The summed E-state index contributed by atoms with van der Waals surface area (Å²) >= 11 is 7.79. The minimum absolute atomic E-state index is 0.0652. The van der Waals surface area contributed by atoms with Gasteiger partial charge < -0.3 is 4.74 Å². The van der Waals surface area contributed by atoms with Crippen molar-refractivity contribution in [3.63, 3.8) is 0 Å². The molecule has 0 aliphatic carbocycles. The van der Waals surface area contributed by atoms with E-state index in [1.807, 2.05) is 0 Å². The van der Waals surface area contributed by atoms with Crippen LogP contribution in [0.4, 0.5) is 5.69 Å². The first-order chi connectivity index (χ1) is 11.8. The number of halogens is 1. The Morgan fingerprint density at radius 2 is 1.84 bits per heavy atom. The Balaban J connectivity index is 1.99. The number of rotatable bonds is 3. The van der Waals surface area contributed by atoms with Gasteiger partial charge in [-0.15, -0.1) is 11.8 Å². The number of nitrogens with zero attached hydrogens (tertiary/aromatic N) is 1. The van der Waals surface area contributed by atoms with Gasteiger partial charge in [0.1, 0.15) is 11.1 Å². The van der Waals surface area contributed by atoms with E-state index in [0.29, 0.717) is 16.5 Å². The zero-order valence-electron chi connectivity index (χ0n) is 14.9. The number of thioether (sulfide) groups is 1. The summed E-state index contributed by atoms with van der Waals surface area (Å²) in [7, 11) is 1.60. The number of carbonyl (C=O) groups excluding carboxylic acids is 1. The van der Waals surface area contributed by atoms with Gasteiger partial charge in [-0.2, -0.15) is 0 Å². The third-order valence-electron chi connectivity index (χ3n) is 4.33. The number of anilines is 1. The van der Waals surface area contributed by atoms with Gasteiger partial charge in [0.2, 0.25) is 5.91 Å². The molecule has 1 heterocycles. The molecule has 132 valence electrons. The third-order valence-corrected chi connectivity index (χ3v) is 5.78. The Morgan fingerprint density at radius 1 is 1.16 bits per heavy atom. The first-order valence-corrected chi connectivity index (χ1v) is 9.61. The smallest absolute Gasteiger partial charge is 0.238 e. The van der Waals surface area contributed by atoms with E-state index in [-0.39, 0.29) is 16.7 Å². The Hall–Kier alpha value is -1.65. The quantitative estimate of drug-likeness (QED) is 0.716. The molecule has 25 heavy (non-hydrogen) atoms. The summed E-state index contributed by atoms with van der Waals surface area (Å²) in [4.78, 5) is 14.4. The third kappa shape index (κ3) is 3.65. The van der Waals surface area contributed by atoms with Crippen molar-refractivity contribution >= 4 is 35.0 Å². The molecule has 3 rings (SSSR count). The molecule has 2 aromatic rings. The highest BCUT2D eigenvalue weighted by molar-refractivity contribution is 8.00. The Bertz CT molecular complexity index is 783. The SMILES string of the molecule is COc1ccc(Cl)cc1N1C(=O)CSC1c1ccc(C(C)(C)C)cc1. The fraction of sp³-hybridized carbons (Fsp3) is 0.350. The van der Waals surface area contributed by atoms with E-state index >= 15 is 0 Å². The highest BCUT2D eigenvalue weighted by Gasteiger charge is 2.35. The Labute approximate surface area is 158 Å². The molecule has 0 bridgehead atoms. The van der Waals surface area contributed by atoms with E-state index < -0.39 is 0 Å². The van der Waals surface area contributed by atoms with Gasteiger partial charge in [0.15, 0.2) is 0 Å². The van der Waals surface area contributed by atoms with E-state index in [4.69, 9.17) is 16.3 Å². The maximum Gasteiger partial charge on any atom is 0.238 e. The summed E-state index contributed by atoms with van der Waals surface area (Å²) in [5, 5.41) is 0.510. The zero-order valence-corrected chi connectivity index (χ0v) is 16.4. The first kappa shape index (κ1) is 18.2. The van der Waals surface area contributed by atoms with Gasteiger partial charge in [0.05, 0.1) is 18.6 Å². The van der Waals surface area contributed by atoms with Crippen LogP contribution in [0, 0.1) is 0 Å². The number of ether oxygens (including phenoxy) is 1. The highest BCUT2D eigenvalue weighted by Crippen LogP contribution is 2.45. The molecule has 0 aromatic heterocycles. The zero-order chi connectivity index (χ0) is 18.2. The standard InChI is InChI=1S/C20H22ClNO2S/c1-20(2,3)14-7-5-13(6-8-14)19-22(18(23)12-25-19)16-11-15(21)9-10-17(16)24-4/h5-11,19H,12H2,1-4H3. The van der Waals surface area contributed by atoms with Gasteiger partial charge in [-0.3, -0.25) is 9.69 Å². The molecule has 1 atom stereocenters. The molecule has 3 nitrogen and oxygen atoms in total. The van der Waals surface area contributed by atoms with Gasteiger partial charge in [0.25, 0.3) is 0 Å². The maximum absolute atomic E-state index is 12.6. The number of hydrogen-bond donors (Lipinski definition) is 0. The average Bonchev–Trinajstić information content (AvgIpc) is 2.95. The fourth-order valence-corrected chi connectivity index (χ4v) is 4.27. The normalized spacial score (nSPS) is 17.9. The summed E-state index contributed by atoms with van der Waals surface area (Å²) in [6, 6.07) is 13.9. The van der Waals surface area contributed by atoms with Crippen LogP contribution in [0.25, 0.3) is 0 Å². The molecule has 5 heteroatoms. The molecule has 0 N–H and O–H groups in total. The average molecular weight is 376 g/mol. The second-order valence-electron chi connectivity index (χ2n) is 7.12. The van der Waals surface area contributed by atoms with Crippen LogP contribution < -0.4 is 9.64 Å². The second-order valence-corrected chi connectivity index (χ2v) is 8.62. The lowest BCUT2D eigenvalue weighted by molar-refractivity contribution is -0.115. The van der Waals surface area contributed by atoms with Crippen LogP contribution in [0.1, 0.15) is 37.3 Å². The molecular formula is C20H22ClNO2S. The van der Waals surface area contributed by atoms with Gasteiger partial charge in [0, 0.05) is 5.02 Å². The van der Waals surface area contributed by atoms with Crippen LogP contribution in [0.15, 0.2) is 42.5 Å². The number of benzene rings is 2. The number of hydrogen-bond acceptors (Lipinski definition) is 3. The lowest BCUT2D eigenvalue weighted by Gasteiger charge is -2.27. The molecule has 1 fully saturated rings. The van der Waals surface area contributed by atoms with E-state index in [9.17, 15) is 4.79 Å². The van der Waals surface area contributed by atoms with Gasteiger partial charge in [-0.05, 0) is 34.7 Å². The lowest BCUT2D eigenvalue weighted by atomic mass is 9.86. The summed E-state index contributed by atoms with van der Waals surface area (Å²) in [5.74, 6) is 1.16. The first-order valence-electron chi connectivity index (χ1n) is 8.19. The van der Waals surface area contributed by atoms with Crippen molar-refractivity contribution in [3.8, 4) is 5.75 Å². The molecular weight excluding hydrogens is 354 g/mol. The van der Waals surface area contributed by atoms with Crippen molar-refractivity contribution in [2.45, 2.75) is 31.6 Å². The maximum atomic E-state index is 12.6. The van der Waals surface area contributed by atoms with E-state index in [0.717, 1.165) is 11.3 Å². The van der Waals surface area contributed by atoms with Crippen LogP contribution in [0.5, 0.6) is 5.75 Å². The predicted octanol–water partition coefficient (Wildman–Crippen LogP) is 5.42. The number of amides is 1. The molecule has 1 aliphatic rings. The monoisotopic (exact) mass is 375 g/mol. The highest BCUT2D eigenvalue weighted by atomic mass is 35.5. The fourth-order valence-electron chi connectivity index (χ4n) is 2.93. The van der Waals surface area contributed by atoms with Crippen molar-refractivity contribution in [2.24, 2.45) is 0 Å². The van der Waals surface area contributed by atoms with Crippen LogP contribution in [0.2, 0.25) is 5.02 Å². The summed E-state index contributed by atoms with van der Waals surface area (Å²) in [5.41, 5.74) is 3.20. The number of methoxy groups -OCH3 is 1. The summed E-state index contributed by atoms with van der Waals surface area (Å²) < 4.78 is 5.45. The van der Waals surface area contributed by atoms with Crippen LogP contribution >= 0.6 is 23.4 Å². The van der Waals surface area contributed by atoms with E-state index in [1.54, 1.807) is 42.0 Å². The largest absolute Gasteiger partial charge is 0.495 e. The predicted molar refractivity (Wildman–Crippen MR) is 106 cm³/mol. The lowest BCUT2D eigenvalue weighted by Crippen LogP contribution is -2.28. The van der Waals surface area contributed by atoms with Crippen molar-refractivity contribution < 1.29 is 9.53 Å². The molecule has 1 amide bonds. The molecule has 1 saturated heterocycles. The van der Waals surface area contributed by atoms with E-state index in [1.165, 1.54) is 5.56 Å². The molecule has 0 spiro atoms. The Kier molecular flexibility index (Phi) is 5.03. The van der Waals surface area contributed by atoms with Gasteiger partial charge >= 0.3 is 0 Å². The van der Waals surface area contributed by atoms with Gasteiger partial charge in [-0.1, -0.05) is 56.6 Å². The van der Waals surface area contributed by atoms with Crippen molar-refractivity contribution in [1.82, 2.24) is 0 Å². The second kappa shape index (κ2) is 6.93. The Morgan fingerprint density at radius 3 is 2.44 bits per heavy atom. The van der Waals surface area contributed by atoms with Gasteiger partial charge in [-0.25, -0.2) is 0 Å². The van der Waals surface area contributed by atoms with Crippen molar-refractivity contribution in [3.05, 3.63) is 58.6 Å². The van der Waals surface area contributed by atoms with Crippen molar-refractivity contribution in [1.29, 1.82) is 0 Å². The molecule has 2 aromatic carbocycles. The van der Waals surface area contributed by atoms with Crippen LogP contribution in [-0.2, 0) is 10.2 Å². The van der Waals surface area contributed by atoms with E-state index in [2.05, 4.69) is 45.0 Å². The number of carbonyl (C=O) groups is 1.